The summed E-state index contributed by atoms with van der Waals surface area (Å²) in [7, 11) is 1.35. The minimum Gasteiger partial charge on any atom is -0.486 e. The van der Waals surface area contributed by atoms with Gasteiger partial charge in [-0.2, -0.15) is 4.99 Å². The number of thiazole rings is 1. The van der Waals surface area contributed by atoms with E-state index in [0.717, 1.165) is 15.8 Å². The van der Waals surface area contributed by atoms with E-state index in [9.17, 15) is 9.59 Å². The Bertz CT molecular complexity index is 1180. The topological polar surface area (TPSA) is 79.1 Å². The molecule has 154 valence electrons. The molecule has 0 saturated heterocycles. The smallest absolute Gasteiger partial charge is 0.307 e. The van der Waals surface area contributed by atoms with Crippen molar-refractivity contribution in [2.24, 2.45) is 4.99 Å². The molecule has 2 heterocycles. The van der Waals surface area contributed by atoms with Gasteiger partial charge < -0.3 is 18.8 Å². The number of aromatic nitrogens is 1. The predicted octanol–water partition coefficient (Wildman–Crippen LogP) is 3.18. The Morgan fingerprint density at radius 1 is 1.17 bits per heavy atom. The van der Waals surface area contributed by atoms with Gasteiger partial charge in [-0.05, 0) is 11.6 Å². The van der Waals surface area contributed by atoms with Gasteiger partial charge in [0.15, 0.2) is 16.3 Å². The summed E-state index contributed by atoms with van der Waals surface area (Å²) in [5, 5.41) is 0. The largest absolute Gasteiger partial charge is 0.486 e. The summed E-state index contributed by atoms with van der Waals surface area (Å²) < 4.78 is 18.8. The van der Waals surface area contributed by atoms with E-state index in [1.165, 1.54) is 24.5 Å². The molecule has 4 rings (SSSR count). The molecule has 0 radical (unpaired) electrons. The maximum absolute atomic E-state index is 12.5. The van der Waals surface area contributed by atoms with Crippen LogP contribution in [0.1, 0.15) is 12.0 Å². The number of hydrogen-bond acceptors (Lipinski definition) is 6. The van der Waals surface area contributed by atoms with Crippen molar-refractivity contribution in [3.63, 3.8) is 0 Å². The van der Waals surface area contributed by atoms with Gasteiger partial charge in [0, 0.05) is 24.8 Å². The molecule has 0 saturated carbocycles. The molecule has 2 aromatic carbocycles. The van der Waals surface area contributed by atoms with E-state index >= 15 is 0 Å². The van der Waals surface area contributed by atoms with E-state index in [1.54, 1.807) is 6.08 Å². The number of amides is 1. The Labute approximate surface area is 176 Å². The first kappa shape index (κ1) is 19.9. The van der Waals surface area contributed by atoms with Crippen LogP contribution in [0.4, 0.5) is 0 Å². The lowest BCUT2D eigenvalue weighted by Gasteiger charge is -2.18. The summed E-state index contributed by atoms with van der Waals surface area (Å²) in [6, 6.07) is 13.3. The van der Waals surface area contributed by atoms with Crippen LogP contribution in [0.3, 0.4) is 0 Å². The summed E-state index contributed by atoms with van der Waals surface area (Å²) in [5.74, 6) is 0.590. The Balaban J connectivity index is 1.72. The summed E-state index contributed by atoms with van der Waals surface area (Å²) >= 11 is 1.36. The molecule has 7 nitrogen and oxygen atoms in total. The number of benzene rings is 2. The van der Waals surface area contributed by atoms with E-state index in [1.807, 2.05) is 47.0 Å². The van der Waals surface area contributed by atoms with Crippen molar-refractivity contribution in [1.29, 1.82) is 0 Å². The van der Waals surface area contributed by atoms with Crippen molar-refractivity contribution < 1.29 is 23.8 Å². The first-order valence-electron chi connectivity index (χ1n) is 9.45. The van der Waals surface area contributed by atoms with Crippen LogP contribution in [-0.2, 0) is 20.9 Å². The van der Waals surface area contributed by atoms with Gasteiger partial charge in [-0.25, -0.2) is 0 Å². The fourth-order valence-corrected chi connectivity index (χ4v) is 4.15. The van der Waals surface area contributed by atoms with Crippen LogP contribution in [0.25, 0.3) is 16.3 Å². The average Bonchev–Trinajstić information content (AvgIpc) is 3.10. The molecular weight excluding hydrogens is 404 g/mol. The molecule has 0 atom stereocenters. The SMILES string of the molecule is COC(=O)CCn1c(=NC(=O)/C=C/c2ccccc2)sc2cc3c(cc21)OCCO3. The number of nitrogens with zero attached hydrogens (tertiary/aromatic N) is 2. The van der Waals surface area contributed by atoms with Crippen LogP contribution in [0.15, 0.2) is 53.5 Å². The van der Waals surface area contributed by atoms with E-state index < -0.39 is 0 Å². The molecule has 1 amide bonds. The molecular formula is C22H20N2O5S. The Kier molecular flexibility index (Phi) is 5.94. The normalized spacial score (nSPS) is 13.7. The molecule has 0 bridgehead atoms. The van der Waals surface area contributed by atoms with E-state index in [4.69, 9.17) is 14.2 Å². The highest BCUT2D eigenvalue weighted by atomic mass is 32.1. The van der Waals surface area contributed by atoms with E-state index in [0.29, 0.717) is 36.1 Å². The fourth-order valence-electron chi connectivity index (χ4n) is 3.08. The van der Waals surface area contributed by atoms with Crippen molar-refractivity contribution >= 4 is 39.5 Å². The van der Waals surface area contributed by atoms with Crippen LogP contribution in [0, 0.1) is 0 Å². The summed E-state index contributed by atoms with van der Waals surface area (Å²) in [4.78, 5) is 28.9. The zero-order valence-electron chi connectivity index (χ0n) is 16.4. The zero-order chi connectivity index (χ0) is 20.9. The van der Waals surface area contributed by atoms with Crippen LogP contribution in [0.2, 0.25) is 0 Å². The van der Waals surface area contributed by atoms with Crippen LogP contribution in [-0.4, -0.2) is 36.8 Å². The van der Waals surface area contributed by atoms with Gasteiger partial charge in [0.25, 0.3) is 5.91 Å². The number of rotatable bonds is 5. The van der Waals surface area contributed by atoms with Crippen molar-refractivity contribution in [3.8, 4) is 11.5 Å². The molecule has 0 fully saturated rings. The standard InChI is InChI=1S/C22H20N2O5S/c1-27-21(26)9-10-24-16-13-17-18(29-12-11-28-17)14-19(16)30-22(24)23-20(25)8-7-15-5-3-2-4-6-15/h2-8,13-14H,9-12H2,1H3/b8-7+,23-22?. The van der Waals surface area contributed by atoms with Gasteiger partial charge in [0.2, 0.25) is 0 Å². The highest BCUT2D eigenvalue weighted by Gasteiger charge is 2.17. The van der Waals surface area contributed by atoms with Crippen molar-refractivity contribution in [1.82, 2.24) is 4.57 Å². The Hall–Kier alpha value is -3.39. The van der Waals surface area contributed by atoms with Gasteiger partial charge in [0.05, 0.1) is 23.7 Å². The highest BCUT2D eigenvalue weighted by Crippen LogP contribution is 2.35. The third-order valence-corrected chi connectivity index (χ3v) is 5.58. The minimum absolute atomic E-state index is 0.165. The lowest BCUT2D eigenvalue weighted by atomic mass is 10.2. The first-order chi connectivity index (χ1) is 14.6. The van der Waals surface area contributed by atoms with Crippen molar-refractivity contribution in [2.45, 2.75) is 13.0 Å². The molecule has 0 aliphatic carbocycles. The molecule has 1 aromatic heterocycles. The first-order valence-corrected chi connectivity index (χ1v) is 10.3. The maximum atomic E-state index is 12.5. The molecule has 30 heavy (non-hydrogen) atoms. The number of carbonyl (C=O) groups is 2. The van der Waals surface area contributed by atoms with Gasteiger partial charge in [-0.15, -0.1) is 0 Å². The predicted molar refractivity (Wildman–Crippen MR) is 113 cm³/mol. The summed E-state index contributed by atoms with van der Waals surface area (Å²) in [6.07, 6.45) is 3.32. The molecule has 1 aliphatic rings. The minimum atomic E-state index is -0.380. The van der Waals surface area contributed by atoms with E-state index in [-0.39, 0.29) is 18.3 Å². The molecule has 8 heteroatoms. The lowest BCUT2D eigenvalue weighted by molar-refractivity contribution is -0.140. The number of aryl methyl sites for hydroxylation is 1. The van der Waals surface area contributed by atoms with Crippen LogP contribution in [0.5, 0.6) is 11.5 Å². The number of ether oxygens (including phenoxy) is 3. The average molecular weight is 424 g/mol. The molecule has 3 aromatic rings. The monoisotopic (exact) mass is 424 g/mol. The third-order valence-electron chi connectivity index (χ3n) is 4.54. The van der Waals surface area contributed by atoms with Crippen LogP contribution >= 0.6 is 11.3 Å². The van der Waals surface area contributed by atoms with Gasteiger partial charge in [-0.1, -0.05) is 41.7 Å². The van der Waals surface area contributed by atoms with Gasteiger partial charge in [0.1, 0.15) is 13.2 Å². The second-order valence-electron chi connectivity index (χ2n) is 6.52. The molecule has 0 unspecified atom stereocenters. The summed E-state index contributed by atoms with van der Waals surface area (Å²) in [6.45, 7) is 1.30. The second-order valence-corrected chi connectivity index (χ2v) is 7.53. The number of hydrogen-bond donors (Lipinski definition) is 0. The summed E-state index contributed by atoms with van der Waals surface area (Å²) in [5.41, 5.74) is 1.74. The molecule has 1 aliphatic heterocycles. The number of carbonyl (C=O) groups excluding carboxylic acids is 2. The zero-order valence-corrected chi connectivity index (χ0v) is 17.2. The number of esters is 1. The van der Waals surface area contributed by atoms with Crippen molar-refractivity contribution in [2.75, 3.05) is 20.3 Å². The quantitative estimate of drug-likeness (QED) is 0.464. The highest BCUT2D eigenvalue weighted by molar-refractivity contribution is 7.16. The molecule has 0 spiro atoms. The maximum Gasteiger partial charge on any atom is 0.307 e. The second kappa shape index (κ2) is 8.96. The Morgan fingerprint density at radius 3 is 2.63 bits per heavy atom. The molecule has 0 N–H and O–H groups in total. The van der Waals surface area contributed by atoms with Gasteiger partial charge in [-0.3, -0.25) is 9.59 Å². The Morgan fingerprint density at radius 2 is 1.90 bits per heavy atom. The number of methoxy groups -OCH3 is 1. The van der Waals surface area contributed by atoms with Crippen LogP contribution < -0.4 is 14.3 Å². The van der Waals surface area contributed by atoms with Crippen molar-refractivity contribution in [3.05, 3.63) is 58.9 Å². The van der Waals surface area contributed by atoms with E-state index in [2.05, 4.69) is 4.99 Å². The number of fused-ring (bicyclic) bond motifs is 2. The third kappa shape index (κ3) is 4.44. The lowest BCUT2D eigenvalue weighted by Crippen LogP contribution is -2.19. The fraction of sp³-hybridized carbons (Fsp3) is 0.227. The van der Waals surface area contributed by atoms with Gasteiger partial charge >= 0.3 is 5.97 Å².